The first kappa shape index (κ1) is 12.3. The van der Waals surface area contributed by atoms with Gasteiger partial charge in [0.1, 0.15) is 0 Å². The van der Waals surface area contributed by atoms with Crippen molar-refractivity contribution in [1.82, 2.24) is 0 Å². The Hall–Kier alpha value is -0.810. The van der Waals surface area contributed by atoms with Gasteiger partial charge in [-0.2, -0.15) is 13.2 Å². The Morgan fingerprint density at radius 1 is 1.40 bits per heavy atom. The van der Waals surface area contributed by atoms with E-state index in [9.17, 15) is 13.2 Å². The molecule has 0 atom stereocenters. The van der Waals surface area contributed by atoms with Crippen LogP contribution in [0.2, 0.25) is 0 Å². The van der Waals surface area contributed by atoms with Crippen LogP contribution >= 0.6 is 23.8 Å². The van der Waals surface area contributed by atoms with Crippen molar-refractivity contribution in [1.29, 1.82) is 0 Å². The highest BCUT2D eigenvalue weighted by molar-refractivity contribution is 7.83. The number of nitrogens with zero attached hydrogens (tertiary/aromatic N) is 1. The zero-order valence-corrected chi connectivity index (χ0v) is 9.25. The summed E-state index contributed by atoms with van der Waals surface area (Å²) in [7, 11) is 1.50. The van der Waals surface area contributed by atoms with E-state index in [1.807, 2.05) is 0 Å². The monoisotopic (exact) mass is 253 g/mol. The number of anilines is 1. The zero-order chi connectivity index (χ0) is 11.6. The number of rotatable bonds is 1. The Kier molecular flexibility index (Phi) is 3.57. The Morgan fingerprint density at radius 3 is 2.47 bits per heavy atom. The van der Waals surface area contributed by atoms with Gasteiger partial charge in [-0.3, -0.25) is 0 Å². The standard InChI is InChI=1S/C9H7ClF3NS/c1-14(8(10)15)7-4-2-3-6(5-7)9(11,12)13/h2-5H,1H3. The molecule has 1 nitrogen and oxygen atoms in total. The molecule has 6 heteroatoms. The molecule has 0 N–H and O–H groups in total. The van der Waals surface area contributed by atoms with E-state index in [2.05, 4.69) is 12.2 Å². The van der Waals surface area contributed by atoms with Gasteiger partial charge in [-0.15, -0.1) is 0 Å². The summed E-state index contributed by atoms with van der Waals surface area (Å²) >= 11 is 10.2. The van der Waals surface area contributed by atoms with Crippen LogP contribution in [0.5, 0.6) is 0 Å². The summed E-state index contributed by atoms with van der Waals surface area (Å²) in [6, 6.07) is 4.80. The normalized spacial score (nSPS) is 11.3. The average molecular weight is 254 g/mol. The predicted molar refractivity (Wildman–Crippen MR) is 58.3 cm³/mol. The van der Waals surface area contributed by atoms with Gasteiger partial charge in [0.25, 0.3) is 0 Å². The van der Waals surface area contributed by atoms with E-state index in [0.717, 1.165) is 12.1 Å². The summed E-state index contributed by atoms with van der Waals surface area (Å²) in [6.45, 7) is 0. The number of hydrogen-bond acceptors (Lipinski definition) is 1. The molecule has 1 aromatic carbocycles. The van der Waals surface area contributed by atoms with Crippen molar-refractivity contribution in [2.75, 3.05) is 11.9 Å². The average Bonchev–Trinajstić information content (AvgIpc) is 2.15. The van der Waals surface area contributed by atoms with Crippen LogP contribution in [0.25, 0.3) is 0 Å². The highest BCUT2D eigenvalue weighted by Gasteiger charge is 2.30. The maximum Gasteiger partial charge on any atom is 0.416 e. The molecule has 0 heterocycles. The van der Waals surface area contributed by atoms with Crippen LogP contribution in [0.15, 0.2) is 24.3 Å². The summed E-state index contributed by atoms with van der Waals surface area (Å²) in [6.07, 6.45) is -4.36. The summed E-state index contributed by atoms with van der Waals surface area (Å²) in [5, 5.41) is 0. The Morgan fingerprint density at radius 2 is 2.00 bits per heavy atom. The van der Waals surface area contributed by atoms with E-state index in [1.165, 1.54) is 24.1 Å². The molecule has 82 valence electrons. The lowest BCUT2D eigenvalue weighted by atomic mass is 10.2. The lowest BCUT2D eigenvalue weighted by molar-refractivity contribution is -0.137. The first-order valence-electron chi connectivity index (χ1n) is 3.93. The number of halogens is 4. The number of thiocarbonyl (C=S) groups is 1. The van der Waals surface area contributed by atoms with E-state index >= 15 is 0 Å². The quantitative estimate of drug-likeness (QED) is 0.427. The van der Waals surface area contributed by atoms with Crippen molar-refractivity contribution >= 4 is 34.0 Å². The Bertz CT molecular complexity index is 378. The van der Waals surface area contributed by atoms with Crippen molar-refractivity contribution in [3.63, 3.8) is 0 Å². The smallest absolute Gasteiger partial charge is 0.326 e. The van der Waals surface area contributed by atoms with Crippen molar-refractivity contribution in [3.05, 3.63) is 29.8 Å². The fourth-order valence-electron chi connectivity index (χ4n) is 0.992. The predicted octanol–water partition coefficient (Wildman–Crippen LogP) is 3.67. The minimum atomic E-state index is -4.36. The van der Waals surface area contributed by atoms with Gasteiger partial charge in [0.15, 0.2) is 4.45 Å². The molecule has 0 radical (unpaired) electrons. The van der Waals surface area contributed by atoms with E-state index in [4.69, 9.17) is 11.6 Å². The first-order valence-corrected chi connectivity index (χ1v) is 4.71. The zero-order valence-electron chi connectivity index (χ0n) is 7.68. The molecule has 1 rings (SSSR count). The highest BCUT2D eigenvalue weighted by atomic mass is 35.5. The minimum Gasteiger partial charge on any atom is -0.326 e. The molecule has 0 spiro atoms. The third-order valence-corrected chi connectivity index (χ3v) is 2.35. The third kappa shape index (κ3) is 3.07. The molecule has 0 aliphatic carbocycles. The lowest BCUT2D eigenvalue weighted by Gasteiger charge is -2.17. The van der Waals surface area contributed by atoms with Gasteiger partial charge in [-0.05, 0) is 30.4 Å². The third-order valence-electron chi connectivity index (χ3n) is 1.82. The molecular formula is C9H7ClF3NS. The molecule has 0 aromatic heterocycles. The Labute approximate surface area is 95.4 Å². The van der Waals surface area contributed by atoms with Crippen molar-refractivity contribution in [2.24, 2.45) is 0 Å². The summed E-state index contributed by atoms with van der Waals surface area (Å²) in [5.41, 5.74) is -0.412. The summed E-state index contributed by atoms with van der Waals surface area (Å²) < 4.78 is 37.0. The first-order chi connectivity index (χ1) is 6.82. The van der Waals surface area contributed by atoms with Gasteiger partial charge in [0.2, 0.25) is 0 Å². The molecule has 1 aromatic rings. The van der Waals surface area contributed by atoms with E-state index < -0.39 is 11.7 Å². The van der Waals surface area contributed by atoms with Crippen LogP contribution in [-0.4, -0.2) is 11.5 Å². The molecule has 0 unspecified atom stereocenters. The van der Waals surface area contributed by atoms with Crippen LogP contribution in [0.4, 0.5) is 18.9 Å². The second-order valence-electron chi connectivity index (χ2n) is 2.86. The molecule has 0 fully saturated rings. The molecule has 0 aliphatic heterocycles. The maximum atomic E-state index is 12.3. The van der Waals surface area contributed by atoms with Gasteiger partial charge in [0, 0.05) is 12.7 Å². The molecule has 15 heavy (non-hydrogen) atoms. The minimum absolute atomic E-state index is 0.00526. The lowest BCUT2D eigenvalue weighted by Crippen LogP contribution is -2.19. The van der Waals surface area contributed by atoms with Crippen molar-refractivity contribution in [2.45, 2.75) is 6.18 Å². The second kappa shape index (κ2) is 4.37. The molecule has 0 saturated heterocycles. The van der Waals surface area contributed by atoms with E-state index in [-0.39, 0.29) is 4.45 Å². The van der Waals surface area contributed by atoms with Crippen LogP contribution in [0, 0.1) is 0 Å². The topological polar surface area (TPSA) is 3.24 Å². The second-order valence-corrected chi connectivity index (χ2v) is 3.83. The van der Waals surface area contributed by atoms with Gasteiger partial charge in [0.05, 0.1) is 5.56 Å². The fraction of sp³-hybridized carbons (Fsp3) is 0.222. The molecule has 0 saturated carbocycles. The molecule has 0 bridgehead atoms. The fourth-order valence-corrected chi connectivity index (χ4v) is 1.20. The van der Waals surface area contributed by atoms with Crippen molar-refractivity contribution < 1.29 is 13.2 Å². The maximum absolute atomic E-state index is 12.3. The van der Waals surface area contributed by atoms with Gasteiger partial charge in [-0.25, -0.2) is 0 Å². The number of alkyl halides is 3. The molecule has 0 amide bonds. The van der Waals surface area contributed by atoms with Crippen LogP contribution in [0.1, 0.15) is 5.56 Å². The summed E-state index contributed by atoms with van der Waals surface area (Å²) in [4.78, 5) is 1.30. The Balaban J connectivity index is 3.08. The number of benzene rings is 1. The van der Waals surface area contributed by atoms with E-state index in [0.29, 0.717) is 5.69 Å². The number of hydrogen-bond donors (Lipinski definition) is 0. The van der Waals surface area contributed by atoms with E-state index in [1.54, 1.807) is 0 Å². The largest absolute Gasteiger partial charge is 0.416 e. The summed E-state index contributed by atoms with van der Waals surface area (Å²) in [5.74, 6) is 0. The van der Waals surface area contributed by atoms with Crippen LogP contribution < -0.4 is 4.90 Å². The van der Waals surface area contributed by atoms with Gasteiger partial charge in [-0.1, -0.05) is 17.7 Å². The van der Waals surface area contributed by atoms with Crippen LogP contribution in [0.3, 0.4) is 0 Å². The highest BCUT2D eigenvalue weighted by Crippen LogP contribution is 2.31. The SMILES string of the molecule is CN(C(=S)Cl)c1cccc(C(F)(F)F)c1. The molecule has 0 aliphatic rings. The molecular weight excluding hydrogens is 247 g/mol. The van der Waals surface area contributed by atoms with Crippen molar-refractivity contribution in [3.8, 4) is 0 Å². The van der Waals surface area contributed by atoms with Crippen LogP contribution in [-0.2, 0) is 6.18 Å². The van der Waals surface area contributed by atoms with Gasteiger partial charge < -0.3 is 4.90 Å². The van der Waals surface area contributed by atoms with Gasteiger partial charge >= 0.3 is 6.18 Å².